The number of carbonyl (C=O) groups is 1. The van der Waals surface area contributed by atoms with E-state index < -0.39 is 0 Å². The average molecular weight is 325 g/mol. The summed E-state index contributed by atoms with van der Waals surface area (Å²) in [6, 6.07) is 8.64. The fraction of sp³-hybridized carbons (Fsp3) is 0.500. The number of carbonyl (C=O) groups excluding carboxylic acids is 1. The van der Waals surface area contributed by atoms with E-state index in [-0.39, 0.29) is 5.91 Å². The molecular formula is C20H27N3O. The molecule has 0 N–H and O–H groups in total. The number of likely N-dealkylation sites (tertiary alicyclic amines) is 1. The van der Waals surface area contributed by atoms with Crippen LogP contribution in [0, 0.1) is 6.92 Å². The lowest BCUT2D eigenvalue weighted by Crippen LogP contribution is -2.40. The van der Waals surface area contributed by atoms with E-state index in [0.29, 0.717) is 18.4 Å². The van der Waals surface area contributed by atoms with Crippen molar-refractivity contribution in [2.24, 2.45) is 0 Å². The predicted octanol–water partition coefficient (Wildman–Crippen LogP) is 3.72. The van der Waals surface area contributed by atoms with E-state index in [1.807, 2.05) is 29.4 Å². The van der Waals surface area contributed by atoms with Crippen LogP contribution >= 0.6 is 0 Å². The minimum absolute atomic E-state index is 0.230. The smallest absolute Gasteiger partial charge is 0.227 e. The molecule has 1 aliphatic rings. The summed E-state index contributed by atoms with van der Waals surface area (Å²) < 4.78 is 2.24. The van der Waals surface area contributed by atoms with Crippen LogP contribution in [0.2, 0.25) is 0 Å². The average Bonchev–Trinajstić information content (AvgIpc) is 3.05. The fourth-order valence-electron chi connectivity index (χ4n) is 3.60. The van der Waals surface area contributed by atoms with Crippen molar-refractivity contribution < 1.29 is 4.79 Å². The minimum atomic E-state index is 0.230. The van der Waals surface area contributed by atoms with Crippen LogP contribution in [0.1, 0.15) is 55.6 Å². The van der Waals surface area contributed by atoms with Crippen molar-refractivity contribution in [2.75, 3.05) is 13.1 Å². The predicted molar refractivity (Wildman–Crippen MR) is 96.1 cm³/mol. The Hall–Kier alpha value is -2.10. The van der Waals surface area contributed by atoms with Crippen LogP contribution in [-0.2, 0) is 11.2 Å². The number of imidazole rings is 1. The van der Waals surface area contributed by atoms with E-state index in [1.165, 1.54) is 5.56 Å². The van der Waals surface area contributed by atoms with Crippen molar-refractivity contribution in [3.63, 3.8) is 0 Å². The fourth-order valence-corrected chi connectivity index (χ4v) is 3.60. The molecule has 4 heteroatoms. The van der Waals surface area contributed by atoms with Crippen molar-refractivity contribution in [1.82, 2.24) is 14.5 Å². The summed E-state index contributed by atoms with van der Waals surface area (Å²) in [6.07, 6.45) is 6.58. The lowest BCUT2D eigenvalue weighted by atomic mass is 9.96. The quantitative estimate of drug-likeness (QED) is 0.859. The molecule has 0 aliphatic carbocycles. The first kappa shape index (κ1) is 16.7. The van der Waals surface area contributed by atoms with Gasteiger partial charge in [-0.15, -0.1) is 0 Å². The number of hydrogen-bond donors (Lipinski definition) is 0. The molecule has 1 aromatic carbocycles. The van der Waals surface area contributed by atoms with Gasteiger partial charge in [-0.05, 0) is 39.2 Å². The Morgan fingerprint density at radius 3 is 2.96 bits per heavy atom. The van der Waals surface area contributed by atoms with Gasteiger partial charge in [-0.2, -0.15) is 0 Å². The first-order valence-corrected chi connectivity index (χ1v) is 8.90. The van der Waals surface area contributed by atoms with Crippen molar-refractivity contribution in [2.45, 2.75) is 52.0 Å². The van der Waals surface area contributed by atoms with E-state index in [4.69, 9.17) is 0 Å². The number of hydrogen-bond acceptors (Lipinski definition) is 2. The molecule has 0 saturated carbocycles. The molecule has 1 saturated heterocycles. The van der Waals surface area contributed by atoms with Crippen LogP contribution < -0.4 is 0 Å². The minimum Gasteiger partial charge on any atom is -0.342 e. The molecule has 24 heavy (non-hydrogen) atoms. The number of aromatic nitrogens is 2. The van der Waals surface area contributed by atoms with Crippen LogP contribution in [0.25, 0.3) is 0 Å². The van der Waals surface area contributed by atoms with Crippen LogP contribution in [0.5, 0.6) is 0 Å². The van der Waals surface area contributed by atoms with Gasteiger partial charge in [0.15, 0.2) is 0 Å². The number of benzene rings is 1. The van der Waals surface area contributed by atoms with Crippen LogP contribution in [0.15, 0.2) is 36.7 Å². The molecule has 0 bridgehead atoms. The third-order valence-corrected chi connectivity index (χ3v) is 4.83. The highest BCUT2D eigenvalue weighted by molar-refractivity contribution is 5.79. The van der Waals surface area contributed by atoms with Gasteiger partial charge in [-0.3, -0.25) is 4.79 Å². The molecule has 4 nitrogen and oxygen atoms in total. The summed E-state index contributed by atoms with van der Waals surface area (Å²) >= 11 is 0. The van der Waals surface area contributed by atoms with Crippen molar-refractivity contribution in [1.29, 1.82) is 0 Å². The molecule has 3 rings (SSSR count). The van der Waals surface area contributed by atoms with Gasteiger partial charge >= 0.3 is 0 Å². The van der Waals surface area contributed by atoms with Gasteiger partial charge in [-0.1, -0.05) is 29.8 Å². The van der Waals surface area contributed by atoms with Gasteiger partial charge in [0.1, 0.15) is 5.82 Å². The molecular weight excluding hydrogens is 298 g/mol. The molecule has 1 amide bonds. The maximum absolute atomic E-state index is 12.7. The zero-order valence-electron chi connectivity index (χ0n) is 14.9. The van der Waals surface area contributed by atoms with E-state index in [1.54, 1.807) is 0 Å². The van der Waals surface area contributed by atoms with E-state index in [2.05, 4.69) is 42.5 Å². The maximum atomic E-state index is 12.7. The van der Waals surface area contributed by atoms with Crippen LogP contribution in [0.3, 0.4) is 0 Å². The van der Waals surface area contributed by atoms with Gasteiger partial charge in [0.25, 0.3) is 0 Å². The van der Waals surface area contributed by atoms with Gasteiger partial charge in [0.05, 0.1) is 6.42 Å². The SMILES string of the molecule is Cc1cccc(CC(=O)N2CCC[C@@H](c3nccn3C(C)C)C2)c1. The lowest BCUT2D eigenvalue weighted by Gasteiger charge is -2.33. The molecule has 1 aromatic heterocycles. The maximum Gasteiger partial charge on any atom is 0.227 e. The van der Waals surface area contributed by atoms with Gasteiger partial charge in [-0.25, -0.2) is 4.98 Å². The molecule has 0 unspecified atom stereocenters. The zero-order chi connectivity index (χ0) is 17.1. The standard InChI is InChI=1S/C20H27N3O/c1-15(2)23-11-9-21-20(23)18-8-5-10-22(14-18)19(24)13-17-7-4-6-16(3)12-17/h4,6-7,9,11-12,15,18H,5,8,10,13-14H2,1-3H3/t18-/m1/s1. The second kappa shape index (κ2) is 7.20. The number of amides is 1. The molecule has 0 spiro atoms. The Bertz CT molecular complexity index is 704. The highest BCUT2D eigenvalue weighted by Gasteiger charge is 2.27. The normalized spacial score (nSPS) is 18.2. The van der Waals surface area contributed by atoms with Gasteiger partial charge in [0, 0.05) is 37.4 Å². The molecule has 128 valence electrons. The topological polar surface area (TPSA) is 38.1 Å². The molecule has 2 heterocycles. The number of aryl methyl sites for hydroxylation is 1. The third kappa shape index (κ3) is 3.69. The Morgan fingerprint density at radius 2 is 2.21 bits per heavy atom. The first-order valence-electron chi connectivity index (χ1n) is 8.90. The summed E-state index contributed by atoms with van der Waals surface area (Å²) in [5.41, 5.74) is 2.31. The van der Waals surface area contributed by atoms with E-state index in [0.717, 1.165) is 37.3 Å². The van der Waals surface area contributed by atoms with E-state index >= 15 is 0 Å². The number of piperidine rings is 1. The second-order valence-corrected chi connectivity index (χ2v) is 7.13. The highest BCUT2D eigenvalue weighted by atomic mass is 16.2. The summed E-state index contributed by atoms with van der Waals surface area (Å²) in [5, 5.41) is 0. The third-order valence-electron chi connectivity index (χ3n) is 4.83. The number of nitrogens with zero attached hydrogens (tertiary/aromatic N) is 3. The monoisotopic (exact) mass is 325 g/mol. The van der Waals surface area contributed by atoms with Gasteiger partial charge in [0.2, 0.25) is 5.91 Å². The Morgan fingerprint density at radius 1 is 1.38 bits per heavy atom. The zero-order valence-corrected chi connectivity index (χ0v) is 14.9. The summed E-state index contributed by atoms with van der Waals surface area (Å²) in [7, 11) is 0. The van der Waals surface area contributed by atoms with Gasteiger partial charge < -0.3 is 9.47 Å². The second-order valence-electron chi connectivity index (χ2n) is 7.13. The van der Waals surface area contributed by atoms with Crippen molar-refractivity contribution in [3.05, 3.63) is 53.6 Å². The molecule has 0 radical (unpaired) electrons. The van der Waals surface area contributed by atoms with Crippen LogP contribution in [0.4, 0.5) is 0 Å². The first-order chi connectivity index (χ1) is 11.5. The molecule has 1 atom stereocenters. The van der Waals surface area contributed by atoms with E-state index in [9.17, 15) is 4.79 Å². The highest BCUT2D eigenvalue weighted by Crippen LogP contribution is 2.27. The number of rotatable bonds is 4. The Balaban J connectivity index is 1.69. The molecule has 2 aromatic rings. The lowest BCUT2D eigenvalue weighted by molar-refractivity contribution is -0.131. The molecule has 1 aliphatic heterocycles. The summed E-state index contributed by atoms with van der Waals surface area (Å²) in [6.45, 7) is 8.07. The molecule has 1 fully saturated rings. The summed E-state index contributed by atoms with van der Waals surface area (Å²) in [5.74, 6) is 1.70. The Kier molecular flexibility index (Phi) is 5.03. The van der Waals surface area contributed by atoms with Crippen molar-refractivity contribution in [3.8, 4) is 0 Å². The largest absolute Gasteiger partial charge is 0.342 e. The van der Waals surface area contributed by atoms with Crippen LogP contribution in [-0.4, -0.2) is 33.4 Å². The van der Waals surface area contributed by atoms with Crippen molar-refractivity contribution >= 4 is 5.91 Å². The Labute approximate surface area is 144 Å². The summed E-state index contributed by atoms with van der Waals surface area (Å²) in [4.78, 5) is 19.3.